The van der Waals surface area contributed by atoms with Gasteiger partial charge in [0.1, 0.15) is 0 Å². The summed E-state index contributed by atoms with van der Waals surface area (Å²) >= 11 is 0. The van der Waals surface area contributed by atoms with Crippen LogP contribution >= 0.6 is 0 Å². The van der Waals surface area contributed by atoms with E-state index in [1.54, 1.807) is 0 Å². The van der Waals surface area contributed by atoms with Crippen LogP contribution in [0.15, 0.2) is 72.8 Å². The first-order chi connectivity index (χ1) is 11.7. The first-order valence-electron chi connectivity index (χ1n) is 8.27. The van der Waals surface area contributed by atoms with E-state index in [1.807, 2.05) is 6.92 Å². The van der Waals surface area contributed by atoms with Crippen LogP contribution in [0, 0.1) is 0 Å². The fraction of sp³-hybridized carbons (Fsp3) is 0.0833. The fourth-order valence-electron chi connectivity index (χ4n) is 2.87. The lowest BCUT2D eigenvalue weighted by atomic mass is 10.0. The van der Waals surface area contributed by atoms with Crippen molar-refractivity contribution in [2.45, 2.75) is 13.8 Å². The van der Waals surface area contributed by atoms with E-state index in [4.69, 9.17) is 0 Å². The van der Waals surface area contributed by atoms with Crippen LogP contribution < -0.4 is 10.4 Å². The maximum atomic E-state index is 4.26. The molecule has 3 aromatic carbocycles. The molecule has 0 nitrogen and oxygen atoms in total. The Morgan fingerprint density at radius 2 is 1.67 bits per heavy atom. The van der Waals surface area contributed by atoms with E-state index < -0.39 is 0 Å². The van der Waals surface area contributed by atoms with Crippen LogP contribution in [0.5, 0.6) is 0 Å². The van der Waals surface area contributed by atoms with Crippen LogP contribution in [-0.2, 0) is 0 Å². The van der Waals surface area contributed by atoms with E-state index in [0.717, 1.165) is 5.22 Å². The third kappa shape index (κ3) is 3.38. The molecule has 0 bridgehead atoms. The molecule has 0 N–H and O–H groups in total. The molecule has 0 heterocycles. The summed E-state index contributed by atoms with van der Waals surface area (Å²) in [4.78, 5) is 0. The van der Waals surface area contributed by atoms with Gasteiger partial charge in [-0.3, -0.25) is 0 Å². The van der Waals surface area contributed by atoms with Crippen molar-refractivity contribution in [3.8, 4) is 0 Å². The number of rotatable bonds is 3. The molecule has 3 aromatic rings. The zero-order chi connectivity index (χ0) is 16.9. The Balaban J connectivity index is 1.98. The van der Waals surface area contributed by atoms with Crippen molar-refractivity contribution in [1.82, 2.24) is 0 Å². The second kappa shape index (κ2) is 7.14. The van der Waals surface area contributed by atoms with Crippen LogP contribution in [-0.4, -0.2) is 0 Å². The average Bonchev–Trinajstić information content (AvgIpc) is 2.62. The van der Waals surface area contributed by atoms with E-state index in [9.17, 15) is 0 Å². The normalized spacial score (nSPS) is 13.1. The molecule has 24 heavy (non-hydrogen) atoms. The van der Waals surface area contributed by atoms with E-state index in [-0.39, 0.29) is 0 Å². The topological polar surface area (TPSA) is 0 Å². The van der Waals surface area contributed by atoms with Gasteiger partial charge in [0.05, 0.1) is 0 Å². The molecule has 0 fully saturated rings. The molecule has 0 atom stereocenters. The third-order valence-corrected chi connectivity index (χ3v) is 4.31. The molecule has 0 heteroatoms. The second-order valence-electron chi connectivity index (χ2n) is 5.99. The zero-order valence-corrected chi connectivity index (χ0v) is 14.3. The van der Waals surface area contributed by atoms with Gasteiger partial charge in [0, 0.05) is 0 Å². The molecule has 0 saturated heterocycles. The first-order valence-corrected chi connectivity index (χ1v) is 8.27. The number of fused-ring (bicyclic) bond motifs is 1. The summed E-state index contributed by atoms with van der Waals surface area (Å²) in [5.74, 6) is 0. The Labute approximate surface area is 143 Å². The highest BCUT2D eigenvalue weighted by atomic mass is 14.0. The molecule has 0 amide bonds. The van der Waals surface area contributed by atoms with Crippen LogP contribution in [0.2, 0.25) is 0 Å². The van der Waals surface area contributed by atoms with Crippen molar-refractivity contribution >= 4 is 35.1 Å². The van der Waals surface area contributed by atoms with Crippen LogP contribution in [0.1, 0.15) is 25.0 Å². The van der Waals surface area contributed by atoms with E-state index in [0.29, 0.717) is 0 Å². The summed E-state index contributed by atoms with van der Waals surface area (Å²) in [5, 5.41) is 4.70. The van der Waals surface area contributed by atoms with Crippen LogP contribution in [0.4, 0.5) is 0 Å². The molecule has 0 aromatic heterocycles. The van der Waals surface area contributed by atoms with E-state index in [1.165, 1.54) is 32.7 Å². The largest absolute Gasteiger partial charge is 0.0905 e. The van der Waals surface area contributed by atoms with E-state index in [2.05, 4.69) is 98.5 Å². The number of hydrogen-bond donors (Lipinski definition) is 0. The molecule has 0 aliphatic heterocycles. The predicted molar refractivity (Wildman–Crippen MR) is 108 cm³/mol. The maximum absolute atomic E-state index is 4.26. The minimum atomic E-state index is 1.08. The predicted octanol–water partition coefficient (Wildman–Crippen LogP) is 5.17. The van der Waals surface area contributed by atoms with Gasteiger partial charge in [0.25, 0.3) is 0 Å². The SMILES string of the molecule is C=c1/c(=C\C=C(/C)c2ccc(/C=C/C)cc2)ccc2ccccc12. The standard InChI is InChI=1S/C24H22/c1-4-7-20-11-14-21(15-12-20)18(2)10-13-22-16-17-23-8-5-6-9-24(23)19(22)3/h4-17H,3H2,1-2H3/b7-4+,18-10+,22-13-. The highest BCUT2D eigenvalue weighted by Crippen LogP contribution is 2.15. The second-order valence-corrected chi connectivity index (χ2v) is 5.99. The van der Waals surface area contributed by atoms with Crippen LogP contribution in [0.3, 0.4) is 0 Å². The molecule has 0 radical (unpaired) electrons. The van der Waals surface area contributed by atoms with Crippen molar-refractivity contribution in [3.63, 3.8) is 0 Å². The maximum Gasteiger partial charge on any atom is -0.0111 e. The van der Waals surface area contributed by atoms with Gasteiger partial charge in [-0.2, -0.15) is 0 Å². The number of benzene rings is 3. The Hall–Kier alpha value is -2.86. The van der Waals surface area contributed by atoms with Crippen molar-refractivity contribution in [2.24, 2.45) is 0 Å². The minimum Gasteiger partial charge on any atom is -0.0905 e. The molecular weight excluding hydrogens is 288 g/mol. The molecule has 3 rings (SSSR count). The lowest BCUT2D eigenvalue weighted by Gasteiger charge is -2.02. The van der Waals surface area contributed by atoms with Crippen molar-refractivity contribution in [2.75, 3.05) is 0 Å². The molecule has 0 saturated carbocycles. The van der Waals surface area contributed by atoms with Gasteiger partial charge in [-0.1, -0.05) is 91.5 Å². The van der Waals surface area contributed by atoms with Gasteiger partial charge in [-0.05, 0) is 51.8 Å². The Kier molecular flexibility index (Phi) is 4.77. The summed E-state index contributed by atoms with van der Waals surface area (Å²) in [6, 6.07) is 21.3. The van der Waals surface area contributed by atoms with Crippen LogP contribution in [0.25, 0.3) is 35.1 Å². The smallest absolute Gasteiger partial charge is 0.0111 e. The summed E-state index contributed by atoms with van der Waals surface area (Å²) in [7, 11) is 0. The molecule has 0 aliphatic rings. The molecule has 118 valence electrons. The zero-order valence-electron chi connectivity index (χ0n) is 14.3. The number of hydrogen-bond acceptors (Lipinski definition) is 0. The first kappa shape index (κ1) is 16.0. The molecule has 0 spiro atoms. The van der Waals surface area contributed by atoms with Crippen molar-refractivity contribution in [1.29, 1.82) is 0 Å². The monoisotopic (exact) mass is 310 g/mol. The summed E-state index contributed by atoms with van der Waals surface area (Å²) < 4.78 is 0. The van der Waals surface area contributed by atoms with Gasteiger partial charge < -0.3 is 0 Å². The highest BCUT2D eigenvalue weighted by Gasteiger charge is 1.96. The van der Waals surface area contributed by atoms with Gasteiger partial charge in [-0.25, -0.2) is 0 Å². The van der Waals surface area contributed by atoms with Gasteiger partial charge in [-0.15, -0.1) is 0 Å². The van der Waals surface area contributed by atoms with Gasteiger partial charge in [0.15, 0.2) is 0 Å². The van der Waals surface area contributed by atoms with Crippen molar-refractivity contribution in [3.05, 3.63) is 94.4 Å². The number of allylic oxidation sites excluding steroid dienone is 3. The summed E-state index contributed by atoms with van der Waals surface area (Å²) in [6.07, 6.45) is 8.49. The molecule has 0 unspecified atom stereocenters. The molecular formula is C24H22. The van der Waals surface area contributed by atoms with E-state index >= 15 is 0 Å². The van der Waals surface area contributed by atoms with Gasteiger partial charge >= 0.3 is 0 Å². The van der Waals surface area contributed by atoms with Crippen molar-refractivity contribution < 1.29 is 0 Å². The lowest BCUT2D eigenvalue weighted by Crippen LogP contribution is -2.23. The highest BCUT2D eigenvalue weighted by molar-refractivity contribution is 5.83. The Morgan fingerprint density at radius 3 is 2.42 bits per heavy atom. The fourth-order valence-corrected chi connectivity index (χ4v) is 2.87. The third-order valence-electron chi connectivity index (χ3n) is 4.31. The Bertz CT molecular complexity index is 1020. The minimum absolute atomic E-state index is 1.08. The molecule has 0 aliphatic carbocycles. The average molecular weight is 310 g/mol. The Morgan fingerprint density at radius 1 is 0.917 bits per heavy atom. The summed E-state index contributed by atoms with van der Waals surface area (Å²) in [5.41, 5.74) is 3.72. The quantitative estimate of drug-likeness (QED) is 0.626. The van der Waals surface area contributed by atoms with Gasteiger partial charge in [0.2, 0.25) is 0 Å². The summed E-state index contributed by atoms with van der Waals surface area (Å²) in [6.45, 7) is 8.44. The lowest BCUT2D eigenvalue weighted by molar-refractivity contribution is 1.54.